The molecule has 1 aliphatic rings. The molecule has 38 heavy (non-hydrogen) atoms. The second-order valence-electron chi connectivity index (χ2n) is 9.84. The number of pyridine rings is 1. The number of nitriles is 1. The zero-order valence-electron chi connectivity index (χ0n) is 21.6. The summed E-state index contributed by atoms with van der Waals surface area (Å²) in [5.41, 5.74) is 5.09. The lowest BCUT2D eigenvalue weighted by atomic mass is 9.88. The highest BCUT2D eigenvalue weighted by Gasteiger charge is 2.29. The lowest BCUT2D eigenvalue weighted by molar-refractivity contribution is 0.0707. The minimum absolute atomic E-state index is 0.150. The van der Waals surface area contributed by atoms with Crippen molar-refractivity contribution in [3.63, 3.8) is 0 Å². The van der Waals surface area contributed by atoms with E-state index >= 15 is 0 Å². The van der Waals surface area contributed by atoms with Gasteiger partial charge in [-0.1, -0.05) is 18.2 Å². The molecule has 1 fully saturated rings. The van der Waals surface area contributed by atoms with Crippen LogP contribution in [0.15, 0.2) is 54.9 Å². The molecule has 7 nitrogen and oxygen atoms in total. The third-order valence-electron chi connectivity index (χ3n) is 7.43. The Bertz CT molecular complexity index is 1590. The molecule has 3 heterocycles. The molecule has 2 aromatic carbocycles. The van der Waals surface area contributed by atoms with E-state index in [2.05, 4.69) is 22.6 Å². The number of rotatable bonds is 4. The van der Waals surface area contributed by atoms with E-state index in [4.69, 9.17) is 5.26 Å². The smallest absolute Gasteiger partial charge is 0.257 e. The van der Waals surface area contributed by atoms with Crippen molar-refractivity contribution in [2.45, 2.75) is 32.6 Å². The molecule has 1 saturated heterocycles. The lowest BCUT2D eigenvalue weighted by Crippen LogP contribution is -2.38. The van der Waals surface area contributed by atoms with Crippen molar-refractivity contribution in [2.24, 2.45) is 7.05 Å². The number of hydrogen-bond donors (Lipinski definition) is 1. The molecule has 5 rings (SSSR count). The molecule has 0 saturated carbocycles. The lowest BCUT2D eigenvalue weighted by Gasteiger charge is -2.32. The van der Waals surface area contributed by atoms with Crippen molar-refractivity contribution in [2.75, 3.05) is 18.4 Å². The number of fused-ring (bicyclic) bond motifs is 1. The van der Waals surface area contributed by atoms with Gasteiger partial charge in [-0.05, 0) is 73.6 Å². The predicted octanol–water partition coefficient (Wildman–Crippen LogP) is 5.47. The van der Waals surface area contributed by atoms with Crippen molar-refractivity contribution in [1.82, 2.24) is 14.5 Å². The Labute approximate surface area is 220 Å². The second kappa shape index (κ2) is 10.1. The summed E-state index contributed by atoms with van der Waals surface area (Å²) in [6.07, 6.45) is 5.23. The van der Waals surface area contributed by atoms with E-state index in [0.29, 0.717) is 35.5 Å². The number of aryl methyl sites for hydroxylation is 3. The quantitative estimate of drug-likeness (QED) is 0.395. The first kappa shape index (κ1) is 25.2. The van der Waals surface area contributed by atoms with Gasteiger partial charge in [-0.3, -0.25) is 9.59 Å². The number of carbonyl (C=O) groups is 2. The number of anilines is 1. The number of benzene rings is 2. The number of aromatic nitrogens is 2. The van der Waals surface area contributed by atoms with Crippen LogP contribution in [0.25, 0.3) is 11.0 Å². The van der Waals surface area contributed by atoms with E-state index < -0.39 is 5.82 Å². The summed E-state index contributed by atoms with van der Waals surface area (Å²) < 4.78 is 16.4. The molecule has 0 spiro atoms. The SMILES string of the molecule is Cc1cccc(F)c1C(=O)N1CCC(c2cn(C)c3ncc(NC(=O)c4cccc(C#N)c4)c(C)c23)CC1. The molecule has 2 amide bonds. The third kappa shape index (κ3) is 4.52. The summed E-state index contributed by atoms with van der Waals surface area (Å²) >= 11 is 0. The molecule has 0 atom stereocenters. The zero-order chi connectivity index (χ0) is 27.0. The van der Waals surface area contributed by atoms with Gasteiger partial charge in [0.1, 0.15) is 11.5 Å². The van der Waals surface area contributed by atoms with Crippen LogP contribution < -0.4 is 5.32 Å². The number of halogens is 1. The summed E-state index contributed by atoms with van der Waals surface area (Å²) in [6, 6.07) is 13.3. The van der Waals surface area contributed by atoms with Crippen molar-refractivity contribution in [1.29, 1.82) is 5.26 Å². The summed E-state index contributed by atoms with van der Waals surface area (Å²) in [6.45, 7) is 4.79. The van der Waals surface area contributed by atoms with Crippen molar-refractivity contribution in [3.8, 4) is 6.07 Å². The highest BCUT2D eigenvalue weighted by atomic mass is 19.1. The van der Waals surface area contributed by atoms with Crippen LogP contribution in [0.3, 0.4) is 0 Å². The number of nitrogens with zero attached hydrogens (tertiary/aromatic N) is 4. The first-order valence-electron chi connectivity index (χ1n) is 12.6. The van der Waals surface area contributed by atoms with Crippen molar-refractivity contribution >= 4 is 28.5 Å². The molecular formula is C30H28FN5O2. The summed E-state index contributed by atoms with van der Waals surface area (Å²) in [7, 11) is 1.95. The number of likely N-dealkylation sites (tertiary alicyclic amines) is 1. The van der Waals surface area contributed by atoms with E-state index in [9.17, 15) is 14.0 Å². The van der Waals surface area contributed by atoms with Crippen LogP contribution in [-0.2, 0) is 7.05 Å². The maximum atomic E-state index is 14.4. The molecule has 1 N–H and O–H groups in total. The standard InChI is InChI=1S/C30H28FN5O2/c1-18-6-4-9-24(31)26(18)30(38)36-12-10-21(11-13-36)23-17-35(3)28-27(23)19(2)25(16-33-28)34-29(37)22-8-5-7-20(14-22)15-32/h4-9,14,16-17,21H,10-13H2,1-3H3,(H,34,37). The Kier molecular flexibility index (Phi) is 6.68. The van der Waals surface area contributed by atoms with Crippen LogP contribution in [0, 0.1) is 31.0 Å². The zero-order valence-corrected chi connectivity index (χ0v) is 21.6. The van der Waals surface area contributed by atoms with E-state index in [1.54, 1.807) is 54.4 Å². The van der Waals surface area contributed by atoms with Crippen LogP contribution in [0.1, 0.15) is 61.7 Å². The highest BCUT2D eigenvalue weighted by Crippen LogP contribution is 2.37. The third-order valence-corrected chi connectivity index (χ3v) is 7.43. The van der Waals surface area contributed by atoms with E-state index in [1.165, 1.54) is 6.07 Å². The molecule has 2 aromatic heterocycles. The number of hydrogen-bond acceptors (Lipinski definition) is 4. The first-order chi connectivity index (χ1) is 18.3. The van der Waals surface area contributed by atoms with Crippen LogP contribution in [-0.4, -0.2) is 39.4 Å². The van der Waals surface area contributed by atoms with Crippen LogP contribution in [0.2, 0.25) is 0 Å². The fourth-order valence-corrected chi connectivity index (χ4v) is 5.35. The number of carbonyl (C=O) groups excluding carboxylic acids is 2. The average molecular weight is 510 g/mol. The summed E-state index contributed by atoms with van der Waals surface area (Å²) in [4.78, 5) is 32.3. The first-order valence-corrected chi connectivity index (χ1v) is 12.6. The highest BCUT2D eigenvalue weighted by molar-refractivity contribution is 6.06. The molecule has 0 radical (unpaired) electrons. The molecule has 8 heteroatoms. The minimum Gasteiger partial charge on any atom is -0.339 e. The molecule has 192 valence electrons. The molecule has 0 unspecified atom stereocenters. The Balaban J connectivity index is 1.38. The summed E-state index contributed by atoms with van der Waals surface area (Å²) in [5.74, 6) is -0.857. The Hall–Kier alpha value is -4.51. The second-order valence-corrected chi connectivity index (χ2v) is 9.84. The molecule has 4 aromatic rings. The van der Waals surface area contributed by atoms with E-state index in [0.717, 1.165) is 35.0 Å². The van der Waals surface area contributed by atoms with Gasteiger partial charge in [0.2, 0.25) is 0 Å². The fourth-order valence-electron chi connectivity index (χ4n) is 5.35. The van der Waals surface area contributed by atoms with Gasteiger partial charge in [0.25, 0.3) is 11.8 Å². The van der Waals surface area contributed by atoms with Gasteiger partial charge in [-0.15, -0.1) is 0 Å². The van der Waals surface area contributed by atoms with Crippen LogP contribution in [0.4, 0.5) is 10.1 Å². The van der Waals surface area contributed by atoms with Crippen LogP contribution >= 0.6 is 0 Å². The number of piperidine rings is 1. The van der Waals surface area contributed by atoms with Gasteiger partial charge < -0.3 is 14.8 Å². The maximum Gasteiger partial charge on any atom is 0.257 e. The van der Waals surface area contributed by atoms with Crippen LogP contribution in [0.5, 0.6) is 0 Å². The monoisotopic (exact) mass is 509 g/mol. The summed E-state index contributed by atoms with van der Waals surface area (Å²) in [5, 5.41) is 13.1. The van der Waals surface area contributed by atoms with Crippen molar-refractivity contribution in [3.05, 3.63) is 94.1 Å². The normalized spacial score (nSPS) is 13.9. The fraction of sp³-hybridized carbons (Fsp3) is 0.267. The van der Waals surface area contributed by atoms with Gasteiger partial charge in [0, 0.05) is 37.3 Å². The molecule has 0 bridgehead atoms. The Morgan fingerprint density at radius 1 is 1.13 bits per heavy atom. The van der Waals surface area contributed by atoms with Gasteiger partial charge in [0.15, 0.2) is 0 Å². The topological polar surface area (TPSA) is 91.0 Å². The number of nitrogens with one attached hydrogen (secondary N) is 1. The van der Waals surface area contributed by atoms with E-state index in [1.807, 2.05) is 18.5 Å². The molecule has 0 aliphatic carbocycles. The molecular weight excluding hydrogens is 481 g/mol. The minimum atomic E-state index is -0.484. The van der Waals surface area contributed by atoms with Gasteiger partial charge in [-0.2, -0.15) is 5.26 Å². The van der Waals surface area contributed by atoms with Gasteiger partial charge >= 0.3 is 0 Å². The molecule has 1 aliphatic heterocycles. The van der Waals surface area contributed by atoms with Crippen molar-refractivity contribution < 1.29 is 14.0 Å². The maximum absolute atomic E-state index is 14.4. The average Bonchev–Trinajstić information content (AvgIpc) is 3.27. The van der Waals surface area contributed by atoms with Gasteiger partial charge in [-0.25, -0.2) is 9.37 Å². The van der Waals surface area contributed by atoms with Gasteiger partial charge in [0.05, 0.1) is 29.1 Å². The number of amides is 2. The Morgan fingerprint density at radius 3 is 2.58 bits per heavy atom. The predicted molar refractivity (Wildman–Crippen MR) is 144 cm³/mol. The van der Waals surface area contributed by atoms with E-state index in [-0.39, 0.29) is 23.3 Å². The largest absolute Gasteiger partial charge is 0.339 e. The Morgan fingerprint density at radius 2 is 1.87 bits per heavy atom.